The molecule has 1 aromatic carbocycles. The van der Waals surface area contributed by atoms with Gasteiger partial charge in [-0.1, -0.05) is 30.3 Å². The van der Waals surface area contributed by atoms with Gasteiger partial charge in [-0.15, -0.1) is 0 Å². The monoisotopic (exact) mass is 301 g/mol. The van der Waals surface area contributed by atoms with Crippen LogP contribution in [0.5, 0.6) is 0 Å². The number of aromatic amines is 2. The van der Waals surface area contributed by atoms with E-state index in [0.717, 1.165) is 38.2 Å². The molecule has 1 aliphatic heterocycles. The van der Waals surface area contributed by atoms with Crippen molar-refractivity contribution >= 4 is 12.2 Å². The second kappa shape index (κ2) is 6.37. The summed E-state index contributed by atoms with van der Waals surface area (Å²) in [5.41, 5.74) is 2.22. The first kappa shape index (κ1) is 14.2. The lowest BCUT2D eigenvalue weighted by molar-refractivity contribution is 0.203. The molecule has 1 saturated heterocycles. The zero-order valence-electron chi connectivity index (χ0n) is 11.8. The highest BCUT2D eigenvalue weighted by molar-refractivity contribution is 7.71. The van der Waals surface area contributed by atoms with Crippen LogP contribution in [0.2, 0.25) is 0 Å². The summed E-state index contributed by atoms with van der Waals surface area (Å²) in [7, 11) is 0. The van der Waals surface area contributed by atoms with Crippen LogP contribution in [0.4, 0.5) is 0 Å². The van der Waals surface area contributed by atoms with Gasteiger partial charge in [0.2, 0.25) is 0 Å². The van der Waals surface area contributed by atoms with Crippen LogP contribution in [0.25, 0.3) is 0 Å². The minimum absolute atomic E-state index is 0.111. The average Bonchev–Trinajstić information content (AvgIpc) is 2.48. The number of hydrogen-bond donors (Lipinski definition) is 2. The molecule has 1 fully saturated rings. The highest BCUT2D eigenvalue weighted by Crippen LogP contribution is 2.26. The molecule has 0 bridgehead atoms. The molecule has 0 radical (unpaired) electrons. The molecule has 0 saturated carbocycles. The number of hydrogen-bond acceptors (Lipinski definition) is 3. The van der Waals surface area contributed by atoms with Crippen LogP contribution in [0.3, 0.4) is 0 Å². The van der Waals surface area contributed by atoms with Gasteiger partial charge in [-0.2, -0.15) is 0 Å². The molecule has 2 heterocycles. The number of rotatable bonds is 3. The van der Waals surface area contributed by atoms with Crippen molar-refractivity contribution < 1.29 is 0 Å². The Bertz CT molecular complexity index is 671. The fraction of sp³-hybridized carbons (Fsp3) is 0.375. The third-order valence-corrected chi connectivity index (χ3v) is 4.26. The van der Waals surface area contributed by atoms with Gasteiger partial charge in [0.05, 0.1) is 0 Å². The van der Waals surface area contributed by atoms with Gasteiger partial charge in [-0.05, 0) is 43.7 Å². The first-order chi connectivity index (χ1) is 10.2. The Morgan fingerprint density at radius 2 is 1.86 bits per heavy atom. The van der Waals surface area contributed by atoms with E-state index in [0.29, 0.717) is 10.7 Å². The van der Waals surface area contributed by atoms with E-state index in [4.69, 9.17) is 12.2 Å². The Morgan fingerprint density at radius 3 is 2.52 bits per heavy atom. The summed E-state index contributed by atoms with van der Waals surface area (Å²) in [5, 5.41) is 0. The third kappa shape index (κ3) is 3.68. The summed E-state index contributed by atoms with van der Waals surface area (Å²) in [6.45, 7) is 3.10. The highest BCUT2D eigenvalue weighted by Gasteiger charge is 2.21. The van der Waals surface area contributed by atoms with E-state index >= 15 is 0 Å². The predicted molar refractivity (Wildman–Crippen MR) is 85.9 cm³/mol. The number of likely N-dealkylation sites (tertiary alicyclic amines) is 1. The smallest absolute Gasteiger partial charge is 0.251 e. The van der Waals surface area contributed by atoms with Crippen molar-refractivity contribution in [2.24, 2.45) is 0 Å². The minimum Gasteiger partial charge on any atom is -0.336 e. The van der Waals surface area contributed by atoms with Crippen molar-refractivity contribution in [2.75, 3.05) is 13.1 Å². The molecule has 0 aliphatic carbocycles. The lowest BCUT2D eigenvalue weighted by Gasteiger charge is -2.31. The van der Waals surface area contributed by atoms with E-state index < -0.39 is 0 Å². The van der Waals surface area contributed by atoms with Crippen LogP contribution in [-0.2, 0) is 6.54 Å². The molecule has 1 aliphatic rings. The quantitative estimate of drug-likeness (QED) is 0.857. The summed E-state index contributed by atoms with van der Waals surface area (Å²) in [5.74, 6) is 0.404. The zero-order chi connectivity index (χ0) is 14.7. The van der Waals surface area contributed by atoms with E-state index in [9.17, 15) is 4.79 Å². The van der Waals surface area contributed by atoms with Gasteiger partial charge in [-0.25, -0.2) is 0 Å². The largest absolute Gasteiger partial charge is 0.336 e. The lowest BCUT2D eigenvalue weighted by atomic mass is 9.93. The fourth-order valence-electron chi connectivity index (χ4n) is 2.95. The van der Waals surface area contributed by atoms with Gasteiger partial charge in [0.15, 0.2) is 4.77 Å². The summed E-state index contributed by atoms with van der Waals surface area (Å²) < 4.78 is 0.421. The predicted octanol–water partition coefficient (Wildman–Crippen LogP) is 2.81. The van der Waals surface area contributed by atoms with E-state index in [2.05, 4.69) is 39.1 Å². The van der Waals surface area contributed by atoms with E-state index in [-0.39, 0.29) is 5.56 Å². The third-order valence-electron chi connectivity index (χ3n) is 4.06. The molecule has 4 nitrogen and oxygen atoms in total. The molecule has 21 heavy (non-hydrogen) atoms. The van der Waals surface area contributed by atoms with Crippen LogP contribution in [0.15, 0.2) is 41.2 Å². The molecule has 0 unspecified atom stereocenters. The lowest BCUT2D eigenvalue weighted by Crippen LogP contribution is -2.33. The maximum Gasteiger partial charge on any atom is 0.251 e. The number of nitrogens with zero attached hydrogens (tertiary/aromatic N) is 1. The first-order valence-electron chi connectivity index (χ1n) is 7.30. The number of H-pyrrole nitrogens is 2. The topological polar surface area (TPSA) is 51.9 Å². The van der Waals surface area contributed by atoms with Crippen LogP contribution in [0, 0.1) is 4.77 Å². The van der Waals surface area contributed by atoms with Crippen LogP contribution < -0.4 is 5.56 Å². The number of aromatic nitrogens is 2. The molecular weight excluding hydrogens is 282 g/mol. The number of piperidine rings is 1. The van der Waals surface area contributed by atoms with Crippen LogP contribution >= 0.6 is 12.2 Å². The Morgan fingerprint density at radius 1 is 1.14 bits per heavy atom. The van der Waals surface area contributed by atoms with Crippen LogP contribution in [-0.4, -0.2) is 28.0 Å². The molecule has 0 amide bonds. The molecule has 1 aromatic heterocycles. The van der Waals surface area contributed by atoms with Crippen molar-refractivity contribution in [3.05, 3.63) is 62.8 Å². The number of benzene rings is 1. The molecule has 2 N–H and O–H groups in total. The standard InChI is InChI=1S/C16H19N3OS/c20-15-10-14(17-16(21)18-15)13-6-8-19(9-7-13)11-12-4-2-1-3-5-12/h1-5,10,13H,6-9,11H2,(H2,17,18,20,21). The van der Waals surface area contributed by atoms with E-state index in [1.165, 1.54) is 5.56 Å². The van der Waals surface area contributed by atoms with Crippen molar-refractivity contribution in [3.63, 3.8) is 0 Å². The van der Waals surface area contributed by atoms with Crippen molar-refractivity contribution in [2.45, 2.75) is 25.3 Å². The molecule has 0 spiro atoms. The minimum atomic E-state index is -0.111. The van der Waals surface area contributed by atoms with Gasteiger partial charge in [0, 0.05) is 24.2 Å². The maximum absolute atomic E-state index is 11.5. The Labute approximate surface area is 128 Å². The summed E-state index contributed by atoms with van der Waals surface area (Å²) in [4.78, 5) is 19.7. The van der Waals surface area contributed by atoms with Crippen molar-refractivity contribution in [1.82, 2.24) is 14.9 Å². The Hall–Kier alpha value is -1.72. The second-order valence-corrected chi connectivity index (χ2v) is 5.99. The van der Waals surface area contributed by atoms with Gasteiger partial charge in [0.1, 0.15) is 0 Å². The molecular formula is C16H19N3OS. The zero-order valence-corrected chi connectivity index (χ0v) is 12.7. The Kier molecular flexibility index (Phi) is 4.31. The van der Waals surface area contributed by atoms with Crippen LogP contribution in [0.1, 0.15) is 30.0 Å². The van der Waals surface area contributed by atoms with E-state index in [1.807, 2.05) is 6.07 Å². The summed E-state index contributed by atoms with van der Waals surface area (Å²) in [6.07, 6.45) is 2.11. The van der Waals surface area contributed by atoms with Gasteiger partial charge < -0.3 is 4.98 Å². The molecule has 5 heteroatoms. The first-order valence-corrected chi connectivity index (χ1v) is 7.71. The Balaban J connectivity index is 1.62. The molecule has 110 valence electrons. The number of nitrogens with one attached hydrogen (secondary N) is 2. The van der Waals surface area contributed by atoms with Crippen molar-refractivity contribution in [1.29, 1.82) is 0 Å². The molecule has 3 rings (SSSR count). The highest BCUT2D eigenvalue weighted by atomic mass is 32.1. The summed E-state index contributed by atoms with van der Waals surface area (Å²) >= 11 is 5.04. The van der Waals surface area contributed by atoms with Gasteiger partial charge >= 0.3 is 0 Å². The maximum atomic E-state index is 11.5. The fourth-order valence-corrected chi connectivity index (χ4v) is 3.17. The van der Waals surface area contributed by atoms with Crippen molar-refractivity contribution in [3.8, 4) is 0 Å². The SMILES string of the molecule is O=c1cc(C2CCN(Cc3ccccc3)CC2)[nH]c(=S)[nH]1. The normalized spacial score (nSPS) is 17.0. The molecule has 2 aromatic rings. The summed E-state index contributed by atoms with van der Waals surface area (Å²) in [6, 6.07) is 12.2. The molecule has 0 atom stereocenters. The van der Waals surface area contributed by atoms with Gasteiger partial charge in [0.25, 0.3) is 5.56 Å². The second-order valence-electron chi connectivity index (χ2n) is 5.58. The van der Waals surface area contributed by atoms with Gasteiger partial charge in [-0.3, -0.25) is 14.7 Å². The van der Waals surface area contributed by atoms with E-state index in [1.54, 1.807) is 6.07 Å². The average molecular weight is 301 g/mol.